The number of para-hydroxylation sites is 1. The van der Waals surface area contributed by atoms with Crippen LogP contribution in [0.4, 0.5) is 11.5 Å². The van der Waals surface area contributed by atoms with Crippen LogP contribution in [-0.2, 0) is 0 Å². The van der Waals surface area contributed by atoms with E-state index in [0.717, 1.165) is 0 Å². The molecule has 10 nitrogen and oxygen atoms in total. The fraction of sp³-hybridized carbons (Fsp3) is 0.148. The largest absolute Gasteiger partial charge is 0.398 e. The number of aromatic nitrogens is 5. The molecule has 37 heavy (non-hydrogen) atoms. The van der Waals surface area contributed by atoms with Gasteiger partial charge in [-0.1, -0.05) is 41.3 Å². The summed E-state index contributed by atoms with van der Waals surface area (Å²) in [5.74, 6) is 7.06. The molecule has 0 aliphatic carbocycles. The first-order valence-electron chi connectivity index (χ1n) is 11.5. The molecule has 0 saturated heterocycles. The second-order valence-corrected chi connectivity index (χ2v) is 8.23. The molecule has 0 fully saturated rings. The maximum absolute atomic E-state index is 13.9. The number of fused-ring (bicyclic) bond motifs is 1. The zero-order chi connectivity index (χ0) is 25.9. The van der Waals surface area contributed by atoms with E-state index in [1.54, 1.807) is 42.0 Å². The monoisotopic (exact) mass is 493 g/mol. The molecule has 184 valence electrons. The van der Waals surface area contributed by atoms with Gasteiger partial charge in [0.1, 0.15) is 18.2 Å². The van der Waals surface area contributed by atoms with E-state index in [0.29, 0.717) is 56.8 Å². The number of nitrogens with two attached hydrogens (primary N) is 1. The van der Waals surface area contributed by atoms with Crippen LogP contribution in [0.2, 0.25) is 0 Å². The molecule has 0 unspecified atom stereocenters. The normalized spacial score (nSPS) is 11.6. The quantitative estimate of drug-likeness (QED) is 0.314. The standard InChI is InChI=1S/C27H23N7O3/c1-16(30-24-23(20(28)13-14-29-24)25-31-17(2)37-33-25)26-32-21-12-6-8-18(9-7-15-35)22(21)27(36)34(26)19-10-4-3-5-11-19/h3-6,8,10-14,16,35H,15H2,1-2H3,(H3,28,29,30)/t16-/m0/s1. The molecule has 0 aliphatic rings. The summed E-state index contributed by atoms with van der Waals surface area (Å²) in [7, 11) is 0. The molecule has 0 bridgehead atoms. The van der Waals surface area contributed by atoms with Crippen LogP contribution in [0.25, 0.3) is 28.0 Å². The number of hydrogen-bond acceptors (Lipinski definition) is 9. The molecule has 5 rings (SSSR count). The Bertz CT molecular complexity index is 1720. The van der Waals surface area contributed by atoms with Gasteiger partial charge < -0.3 is 20.7 Å². The van der Waals surface area contributed by atoms with Gasteiger partial charge in [0.05, 0.1) is 28.2 Å². The highest BCUT2D eigenvalue weighted by Crippen LogP contribution is 2.32. The average Bonchev–Trinajstić information content (AvgIpc) is 3.33. The van der Waals surface area contributed by atoms with Crippen LogP contribution in [-0.4, -0.2) is 36.4 Å². The van der Waals surface area contributed by atoms with E-state index < -0.39 is 6.04 Å². The van der Waals surface area contributed by atoms with Crippen LogP contribution < -0.4 is 16.6 Å². The summed E-state index contributed by atoms with van der Waals surface area (Å²) < 4.78 is 6.69. The molecular weight excluding hydrogens is 470 g/mol. The third-order valence-corrected chi connectivity index (χ3v) is 5.71. The molecule has 0 spiro atoms. The number of nitrogen functional groups attached to an aromatic ring is 1. The number of aliphatic hydroxyl groups is 1. The maximum atomic E-state index is 13.9. The predicted octanol–water partition coefficient (Wildman–Crippen LogP) is 3.24. The second-order valence-electron chi connectivity index (χ2n) is 8.23. The Hall–Kier alpha value is -5.01. The van der Waals surface area contributed by atoms with E-state index in [9.17, 15) is 9.90 Å². The van der Waals surface area contributed by atoms with Gasteiger partial charge in [-0.3, -0.25) is 9.36 Å². The van der Waals surface area contributed by atoms with Crippen molar-refractivity contribution in [3.05, 3.63) is 88.4 Å². The van der Waals surface area contributed by atoms with Gasteiger partial charge in [0, 0.05) is 24.4 Å². The Kier molecular flexibility index (Phi) is 6.36. The Balaban J connectivity index is 1.69. The van der Waals surface area contributed by atoms with E-state index in [1.165, 1.54) is 0 Å². The van der Waals surface area contributed by atoms with Crippen molar-refractivity contribution in [3.8, 4) is 28.9 Å². The van der Waals surface area contributed by atoms with Crippen molar-refractivity contribution >= 4 is 22.4 Å². The number of hydrogen-bond donors (Lipinski definition) is 3. The lowest BCUT2D eigenvalue weighted by Crippen LogP contribution is -2.28. The second kappa shape index (κ2) is 9.93. The van der Waals surface area contributed by atoms with Crippen LogP contribution in [0.3, 0.4) is 0 Å². The van der Waals surface area contributed by atoms with Gasteiger partial charge in [-0.2, -0.15) is 4.98 Å². The lowest BCUT2D eigenvalue weighted by Gasteiger charge is -2.21. The summed E-state index contributed by atoms with van der Waals surface area (Å²) in [6.07, 6.45) is 1.57. The van der Waals surface area contributed by atoms with Crippen molar-refractivity contribution in [2.24, 2.45) is 0 Å². The molecule has 5 aromatic rings. The van der Waals surface area contributed by atoms with Gasteiger partial charge >= 0.3 is 0 Å². The fourth-order valence-electron chi connectivity index (χ4n) is 4.09. The van der Waals surface area contributed by atoms with Gasteiger partial charge in [-0.25, -0.2) is 9.97 Å². The summed E-state index contributed by atoms with van der Waals surface area (Å²) in [6, 6.07) is 15.7. The summed E-state index contributed by atoms with van der Waals surface area (Å²) in [5, 5.41) is 16.9. The molecule has 4 N–H and O–H groups in total. The van der Waals surface area contributed by atoms with E-state index >= 15 is 0 Å². The smallest absolute Gasteiger partial charge is 0.267 e. The van der Waals surface area contributed by atoms with Crippen LogP contribution in [0.5, 0.6) is 0 Å². The van der Waals surface area contributed by atoms with Crippen molar-refractivity contribution in [3.63, 3.8) is 0 Å². The van der Waals surface area contributed by atoms with Crippen molar-refractivity contribution in [1.82, 2.24) is 24.7 Å². The predicted molar refractivity (Wildman–Crippen MR) is 140 cm³/mol. The number of nitrogens with one attached hydrogen (secondary N) is 1. The van der Waals surface area contributed by atoms with E-state index in [2.05, 4.69) is 32.3 Å². The number of nitrogens with zero attached hydrogens (tertiary/aromatic N) is 5. The Morgan fingerprint density at radius 3 is 2.68 bits per heavy atom. The highest BCUT2D eigenvalue weighted by molar-refractivity contribution is 5.85. The van der Waals surface area contributed by atoms with Crippen molar-refractivity contribution in [2.45, 2.75) is 19.9 Å². The molecule has 3 heterocycles. The summed E-state index contributed by atoms with van der Waals surface area (Å²) in [4.78, 5) is 27.6. The van der Waals surface area contributed by atoms with Crippen LogP contribution in [0, 0.1) is 18.8 Å². The lowest BCUT2D eigenvalue weighted by molar-refractivity contribution is 0.350. The number of aryl methyl sites for hydroxylation is 1. The molecule has 3 aromatic heterocycles. The van der Waals surface area contributed by atoms with Gasteiger partial charge in [-0.05, 0) is 37.3 Å². The van der Waals surface area contributed by atoms with E-state index in [1.807, 2.05) is 37.3 Å². The molecule has 2 aromatic carbocycles. The number of benzene rings is 2. The summed E-state index contributed by atoms with van der Waals surface area (Å²) >= 11 is 0. The molecule has 0 radical (unpaired) electrons. The number of rotatable bonds is 5. The molecule has 0 aliphatic heterocycles. The Morgan fingerprint density at radius 2 is 1.95 bits per heavy atom. The zero-order valence-electron chi connectivity index (χ0n) is 20.1. The van der Waals surface area contributed by atoms with Crippen molar-refractivity contribution in [1.29, 1.82) is 0 Å². The molecular formula is C27H23N7O3. The fourth-order valence-corrected chi connectivity index (χ4v) is 4.09. The zero-order valence-corrected chi connectivity index (χ0v) is 20.1. The van der Waals surface area contributed by atoms with Gasteiger partial charge in [0.2, 0.25) is 11.7 Å². The first-order valence-corrected chi connectivity index (χ1v) is 11.5. The highest BCUT2D eigenvalue weighted by atomic mass is 16.5. The topological polar surface area (TPSA) is 145 Å². The van der Waals surface area contributed by atoms with Crippen molar-refractivity contribution < 1.29 is 9.63 Å². The highest BCUT2D eigenvalue weighted by Gasteiger charge is 2.22. The first kappa shape index (κ1) is 23.7. The maximum Gasteiger partial charge on any atom is 0.267 e. The molecule has 0 amide bonds. The van der Waals surface area contributed by atoms with Crippen LogP contribution in [0.1, 0.15) is 30.2 Å². The third-order valence-electron chi connectivity index (χ3n) is 5.71. The number of pyridine rings is 1. The number of aliphatic hydroxyl groups excluding tert-OH is 1. The summed E-state index contributed by atoms with van der Waals surface area (Å²) in [5.41, 5.74) is 8.50. The SMILES string of the molecule is Cc1nc(-c2c(N)ccnc2N[C@@H](C)c2nc3cccc(C#CCO)c3c(=O)n2-c2ccccc2)no1. The minimum atomic E-state index is -0.495. The molecule has 0 saturated carbocycles. The first-order chi connectivity index (χ1) is 18.0. The van der Waals surface area contributed by atoms with E-state index in [-0.39, 0.29) is 12.2 Å². The van der Waals surface area contributed by atoms with Gasteiger partial charge in [0.15, 0.2) is 0 Å². The Labute approximate surface area is 211 Å². The van der Waals surface area contributed by atoms with Crippen LogP contribution in [0.15, 0.2) is 70.1 Å². The van der Waals surface area contributed by atoms with Crippen molar-refractivity contribution in [2.75, 3.05) is 17.7 Å². The molecule has 1 atom stereocenters. The van der Waals surface area contributed by atoms with Gasteiger partial charge in [0.25, 0.3) is 5.56 Å². The minimum absolute atomic E-state index is 0.280. The van der Waals surface area contributed by atoms with E-state index in [4.69, 9.17) is 15.2 Å². The lowest BCUT2D eigenvalue weighted by atomic mass is 10.1. The van der Waals surface area contributed by atoms with Gasteiger partial charge in [-0.15, -0.1) is 0 Å². The molecule has 10 heteroatoms. The number of anilines is 2. The third kappa shape index (κ3) is 4.51. The Morgan fingerprint density at radius 1 is 1.14 bits per heavy atom. The average molecular weight is 494 g/mol. The summed E-state index contributed by atoms with van der Waals surface area (Å²) in [6.45, 7) is 3.25. The minimum Gasteiger partial charge on any atom is -0.398 e. The van der Waals surface area contributed by atoms with Crippen LogP contribution >= 0.6 is 0 Å².